The predicted octanol–water partition coefficient (Wildman–Crippen LogP) is 0.125. The van der Waals surface area contributed by atoms with Crippen molar-refractivity contribution in [1.29, 1.82) is 0 Å². The largest absolute Gasteiger partial charge is 0.348 e. The number of aromatic amines is 1. The van der Waals surface area contributed by atoms with Crippen LogP contribution in [0.25, 0.3) is 0 Å². The summed E-state index contributed by atoms with van der Waals surface area (Å²) in [6.45, 7) is 1.52. The molecule has 2 rings (SSSR count). The molecular weight excluding hydrogens is 182 g/mol. The zero-order chi connectivity index (χ0) is 9.64. The van der Waals surface area contributed by atoms with E-state index in [2.05, 4.69) is 25.4 Å². The van der Waals surface area contributed by atoms with Gasteiger partial charge in [0.25, 0.3) is 0 Å². The summed E-state index contributed by atoms with van der Waals surface area (Å²) in [7, 11) is 0. The molecule has 0 spiro atoms. The summed E-state index contributed by atoms with van der Waals surface area (Å²) in [4.78, 5) is 11.0. The lowest BCUT2D eigenvalue weighted by atomic mass is 10.4. The molecule has 0 bridgehead atoms. The van der Waals surface area contributed by atoms with Crippen LogP contribution < -0.4 is 5.32 Å². The molecule has 0 saturated heterocycles. The Morgan fingerprint density at radius 1 is 1.43 bits per heavy atom. The van der Waals surface area contributed by atoms with E-state index in [0.717, 1.165) is 25.3 Å². The molecule has 2 aromatic rings. The Bertz CT molecular complexity index is 305. The van der Waals surface area contributed by atoms with E-state index in [1.807, 2.05) is 0 Å². The lowest BCUT2D eigenvalue weighted by Crippen LogP contribution is -2.17. The van der Waals surface area contributed by atoms with Crippen molar-refractivity contribution < 1.29 is 4.52 Å². The topological polar surface area (TPSA) is 79.6 Å². The van der Waals surface area contributed by atoms with E-state index in [1.165, 1.54) is 6.33 Å². The highest BCUT2D eigenvalue weighted by atomic mass is 16.5. The van der Waals surface area contributed by atoms with Crippen LogP contribution in [0.2, 0.25) is 0 Å². The van der Waals surface area contributed by atoms with E-state index in [9.17, 15) is 0 Å². The molecule has 0 saturated carbocycles. The Morgan fingerprint density at radius 2 is 2.43 bits per heavy atom. The summed E-state index contributed by atoms with van der Waals surface area (Å²) in [5, 5.41) is 6.72. The highest BCUT2D eigenvalue weighted by molar-refractivity contribution is 4.86. The molecule has 2 aromatic heterocycles. The van der Waals surface area contributed by atoms with Crippen LogP contribution in [-0.2, 0) is 13.0 Å². The second-order valence-corrected chi connectivity index (χ2v) is 2.80. The fraction of sp³-hybridized carbons (Fsp3) is 0.375. The van der Waals surface area contributed by atoms with Crippen molar-refractivity contribution in [3.05, 3.63) is 30.4 Å². The number of H-pyrrole nitrogens is 1. The van der Waals surface area contributed by atoms with Gasteiger partial charge in [0.2, 0.25) is 5.89 Å². The molecule has 0 aliphatic heterocycles. The summed E-state index contributed by atoms with van der Waals surface area (Å²) >= 11 is 0. The van der Waals surface area contributed by atoms with Crippen molar-refractivity contribution in [3.8, 4) is 0 Å². The van der Waals surface area contributed by atoms with Crippen LogP contribution in [0, 0.1) is 0 Å². The molecule has 2 heterocycles. The van der Waals surface area contributed by atoms with Gasteiger partial charge < -0.3 is 14.8 Å². The first-order valence-electron chi connectivity index (χ1n) is 4.39. The minimum atomic E-state index is 0.650. The predicted molar refractivity (Wildman–Crippen MR) is 48.3 cm³/mol. The summed E-state index contributed by atoms with van der Waals surface area (Å²) in [6, 6.07) is 0. The van der Waals surface area contributed by atoms with E-state index in [-0.39, 0.29) is 0 Å². The molecule has 0 amide bonds. The maximum Gasteiger partial charge on any atom is 0.227 e. The third kappa shape index (κ3) is 2.40. The van der Waals surface area contributed by atoms with Crippen molar-refractivity contribution in [2.45, 2.75) is 13.0 Å². The standard InChI is InChI=1S/C8H11N5O/c1(8-12-6-13-14-8)2-9-5-7-10-3-4-11-7/h3-4,6,9H,1-2,5H2,(H,10,11). The van der Waals surface area contributed by atoms with Gasteiger partial charge in [-0.1, -0.05) is 5.16 Å². The maximum atomic E-state index is 4.85. The van der Waals surface area contributed by atoms with Crippen LogP contribution in [0.4, 0.5) is 0 Å². The van der Waals surface area contributed by atoms with Crippen LogP contribution in [-0.4, -0.2) is 26.7 Å². The number of rotatable bonds is 5. The van der Waals surface area contributed by atoms with Crippen LogP contribution >= 0.6 is 0 Å². The van der Waals surface area contributed by atoms with Gasteiger partial charge in [-0.2, -0.15) is 4.98 Å². The zero-order valence-corrected chi connectivity index (χ0v) is 7.60. The second-order valence-electron chi connectivity index (χ2n) is 2.80. The second kappa shape index (κ2) is 4.52. The number of aromatic nitrogens is 4. The lowest BCUT2D eigenvalue weighted by molar-refractivity contribution is 0.374. The van der Waals surface area contributed by atoms with Crippen molar-refractivity contribution in [3.63, 3.8) is 0 Å². The molecule has 0 radical (unpaired) electrons. The highest BCUT2D eigenvalue weighted by Gasteiger charge is 1.98. The van der Waals surface area contributed by atoms with Crippen molar-refractivity contribution in [2.24, 2.45) is 0 Å². The smallest absolute Gasteiger partial charge is 0.227 e. The van der Waals surface area contributed by atoms with Gasteiger partial charge in [-0.05, 0) is 0 Å². The lowest BCUT2D eigenvalue weighted by Gasteiger charge is -1.98. The first kappa shape index (κ1) is 8.89. The molecule has 2 N–H and O–H groups in total. The Balaban J connectivity index is 1.65. The number of hydrogen-bond acceptors (Lipinski definition) is 5. The van der Waals surface area contributed by atoms with E-state index in [0.29, 0.717) is 5.89 Å². The number of nitrogens with zero attached hydrogens (tertiary/aromatic N) is 3. The average molecular weight is 193 g/mol. The first-order valence-corrected chi connectivity index (χ1v) is 4.39. The third-order valence-electron chi connectivity index (χ3n) is 1.77. The van der Waals surface area contributed by atoms with E-state index in [1.54, 1.807) is 12.4 Å². The molecule has 0 aromatic carbocycles. The van der Waals surface area contributed by atoms with Crippen molar-refractivity contribution in [1.82, 2.24) is 25.4 Å². The summed E-state index contributed by atoms with van der Waals surface area (Å²) in [6.07, 6.45) is 5.67. The van der Waals surface area contributed by atoms with Gasteiger partial charge in [0.1, 0.15) is 5.82 Å². The molecule has 0 fully saturated rings. The monoisotopic (exact) mass is 193 g/mol. The molecule has 6 nitrogen and oxygen atoms in total. The van der Waals surface area contributed by atoms with Gasteiger partial charge in [-0.15, -0.1) is 0 Å². The van der Waals surface area contributed by atoms with E-state index >= 15 is 0 Å². The number of hydrogen-bond donors (Lipinski definition) is 2. The normalized spacial score (nSPS) is 10.6. The van der Waals surface area contributed by atoms with Crippen LogP contribution in [0.3, 0.4) is 0 Å². The van der Waals surface area contributed by atoms with Gasteiger partial charge in [0.15, 0.2) is 6.33 Å². The molecule has 0 aliphatic rings. The summed E-state index contributed by atoms with van der Waals surface area (Å²) < 4.78 is 4.85. The molecule has 14 heavy (non-hydrogen) atoms. The average Bonchev–Trinajstić information content (AvgIpc) is 2.86. The fourth-order valence-electron chi connectivity index (χ4n) is 1.10. The molecule has 0 aliphatic carbocycles. The zero-order valence-electron chi connectivity index (χ0n) is 7.60. The highest BCUT2D eigenvalue weighted by Crippen LogP contribution is 1.91. The van der Waals surface area contributed by atoms with Gasteiger partial charge in [-0.3, -0.25) is 0 Å². The summed E-state index contributed by atoms with van der Waals surface area (Å²) in [5.74, 6) is 1.58. The molecule has 6 heteroatoms. The Kier molecular flexibility index (Phi) is 2.87. The fourth-order valence-corrected chi connectivity index (χ4v) is 1.10. The van der Waals surface area contributed by atoms with Crippen LogP contribution in [0.15, 0.2) is 23.2 Å². The van der Waals surface area contributed by atoms with E-state index < -0.39 is 0 Å². The Labute approximate surface area is 80.7 Å². The first-order chi connectivity index (χ1) is 6.95. The summed E-state index contributed by atoms with van der Waals surface area (Å²) in [5.41, 5.74) is 0. The van der Waals surface area contributed by atoms with Crippen molar-refractivity contribution >= 4 is 0 Å². The maximum absolute atomic E-state index is 4.85. The third-order valence-corrected chi connectivity index (χ3v) is 1.77. The van der Waals surface area contributed by atoms with Crippen LogP contribution in [0.1, 0.15) is 11.7 Å². The Hall–Kier alpha value is -1.69. The van der Waals surface area contributed by atoms with Gasteiger partial charge >= 0.3 is 0 Å². The SMILES string of the molecule is c1c[nH]c(CNCCc2ncno2)n1. The van der Waals surface area contributed by atoms with Crippen molar-refractivity contribution in [2.75, 3.05) is 6.54 Å². The van der Waals surface area contributed by atoms with Gasteiger partial charge in [0, 0.05) is 25.4 Å². The van der Waals surface area contributed by atoms with E-state index in [4.69, 9.17) is 4.52 Å². The molecular formula is C8H11N5O. The quantitative estimate of drug-likeness (QED) is 0.659. The minimum absolute atomic E-state index is 0.650. The van der Waals surface area contributed by atoms with Crippen LogP contribution in [0.5, 0.6) is 0 Å². The Morgan fingerprint density at radius 3 is 3.14 bits per heavy atom. The van der Waals surface area contributed by atoms with Gasteiger partial charge in [-0.25, -0.2) is 4.98 Å². The minimum Gasteiger partial charge on any atom is -0.348 e. The molecule has 0 atom stereocenters. The molecule has 74 valence electrons. The number of imidazole rings is 1. The number of nitrogens with one attached hydrogen (secondary N) is 2. The van der Waals surface area contributed by atoms with Gasteiger partial charge in [0.05, 0.1) is 6.54 Å². The molecule has 0 unspecified atom stereocenters.